The molecule has 8 heteroatoms. The number of carboxylic acids is 1. The van der Waals surface area contributed by atoms with Crippen molar-refractivity contribution in [2.45, 2.75) is 25.9 Å². The lowest BCUT2D eigenvalue weighted by Crippen LogP contribution is -2.51. The number of carbonyl (C=O) groups excluding carboxylic acids is 3. The molecule has 22 heavy (non-hydrogen) atoms. The normalized spacial score (nSPS) is 16.2. The largest absolute Gasteiger partial charge is 0.480 e. The molecule has 1 aliphatic heterocycles. The predicted molar refractivity (Wildman–Crippen MR) is 79.3 cm³/mol. The quantitative estimate of drug-likeness (QED) is 0.772. The van der Waals surface area contributed by atoms with E-state index < -0.39 is 35.8 Å². The third-order valence-electron chi connectivity index (χ3n) is 3.38. The molecule has 116 valence electrons. The Morgan fingerprint density at radius 1 is 1.18 bits per heavy atom. The summed E-state index contributed by atoms with van der Waals surface area (Å²) in [5, 5.41) is 11.0. The van der Waals surface area contributed by atoms with Gasteiger partial charge in [0, 0.05) is 4.47 Å². The molecule has 1 heterocycles. The Morgan fingerprint density at radius 3 is 2.36 bits per heavy atom. The number of imide groups is 1. The van der Waals surface area contributed by atoms with Crippen molar-refractivity contribution in [3.63, 3.8) is 0 Å². The number of fused-ring (bicyclic) bond motifs is 1. The van der Waals surface area contributed by atoms with Gasteiger partial charge in [-0.1, -0.05) is 15.9 Å². The Labute approximate surface area is 134 Å². The summed E-state index contributed by atoms with van der Waals surface area (Å²) in [6.07, 6.45) is 0. The number of hydrogen-bond acceptors (Lipinski definition) is 4. The minimum Gasteiger partial charge on any atom is -0.480 e. The Kier molecular flexibility index (Phi) is 4.32. The van der Waals surface area contributed by atoms with Crippen LogP contribution in [-0.4, -0.2) is 45.8 Å². The van der Waals surface area contributed by atoms with E-state index in [0.29, 0.717) is 4.47 Å². The molecule has 0 aromatic heterocycles. The average Bonchev–Trinajstić information content (AvgIpc) is 2.69. The summed E-state index contributed by atoms with van der Waals surface area (Å²) < 4.78 is 0.644. The van der Waals surface area contributed by atoms with E-state index in [0.717, 1.165) is 4.90 Å². The van der Waals surface area contributed by atoms with Crippen molar-refractivity contribution in [2.75, 3.05) is 0 Å². The van der Waals surface area contributed by atoms with Crippen molar-refractivity contribution in [3.8, 4) is 0 Å². The number of benzene rings is 1. The van der Waals surface area contributed by atoms with E-state index >= 15 is 0 Å². The Bertz CT molecular complexity index is 688. The lowest BCUT2D eigenvalue weighted by atomic mass is 10.1. The van der Waals surface area contributed by atoms with E-state index in [1.54, 1.807) is 6.07 Å². The highest BCUT2D eigenvalue weighted by Gasteiger charge is 2.41. The fourth-order valence-electron chi connectivity index (χ4n) is 2.10. The van der Waals surface area contributed by atoms with Crippen LogP contribution < -0.4 is 5.32 Å². The SMILES string of the molecule is CC(C(=O)N[C@@H](C)C(=O)O)N1C(=O)c2ccc(Br)cc2C1=O. The standard InChI is InChI=1S/C14H13BrN2O5/c1-6(14(21)22)16-11(18)7(2)17-12(19)9-4-3-8(15)5-10(9)13(17)20/h3-7H,1-2H3,(H,16,18)(H,21,22)/t6-,7?/m0/s1. The summed E-state index contributed by atoms with van der Waals surface area (Å²) in [6, 6.07) is 2.43. The lowest BCUT2D eigenvalue weighted by Gasteiger charge is -2.22. The van der Waals surface area contributed by atoms with Crippen molar-refractivity contribution in [3.05, 3.63) is 33.8 Å². The summed E-state index contributed by atoms with van der Waals surface area (Å²) in [4.78, 5) is 48.2. The number of aliphatic carboxylic acids is 1. The topological polar surface area (TPSA) is 104 Å². The van der Waals surface area contributed by atoms with Gasteiger partial charge in [0.25, 0.3) is 11.8 Å². The number of hydrogen-bond donors (Lipinski definition) is 2. The molecule has 2 rings (SSSR count). The second kappa shape index (κ2) is 5.88. The maximum atomic E-state index is 12.3. The van der Waals surface area contributed by atoms with Crippen LogP contribution in [0.4, 0.5) is 0 Å². The number of nitrogens with zero attached hydrogens (tertiary/aromatic N) is 1. The highest BCUT2D eigenvalue weighted by molar-refractivity contribution is 9.10. The van der Waals surface area contributed by atoms with E-state index in [2.05, 4.69) is 21.2 Å². The summed E-state index contributed by atoms with van der Waals surface area (Å²) in [5.74, 6) is -3.06. The van der Waals surface area contributed by atoms with Gasteiger partial charge in [-0.3, -0.25) is 24.1 Å². The van der Waals surface area contributed by atoms with Crippen LogP contribution >= 0.6 is 15.9 Å². The summed E-state index contributed by atoms with van der Waals surface area (Å²) in [5.41, 5.74) is 0.435. The third-order valence-corrected chi connectivity index (χ3v) is 3.87. The molecule has 1 aliphatic rings. The number of nitrogens with one attached hydrogen (secondary N) is 1. The number of amides is 3. The van der Waals surface area contributed by atoms with Crippen LogP contribution in [0.15, 0.2) is 22.7 Å². The van der Waals surface area contributed by atoms with Gasteiger partial charge in [-0.15, -0.1) is 0 Å². The molecule has 2 N–H and O–H groups in total. The first-order chi connectivity index (χ1) is 10.2. The number of halogens is 1. The van der Waals surface area contributed by atoms with Crippen LogP contribution in [0.5, 0.6) is 0 Å². The monoisotopic (exact) mass is 368 g/mol. The van der Waals surface area contributed by atoms with Gasteiger partial charge in [-0.25, -0.2) is 0 Å². The number of carbonyl (C=O) groups is 4. The zero-order chi connectivity index (χ0) is 16.6. The zero-order valence-electron chi connectivity index (χ0n) is 11.8. The van der Waals surface area contributed by atoms with Crippen molar-refractivity contribution in [2.24, 2.45) is 0 Å². The smallest absolute Gasteiger partial charge is 0.325 e. The minimum absolute atomic E-state index is 0.213. The second-order valence-corrected chi connectivity index (χ2v) is 5.83. The summed E-state index contributed by atoms with van der Waals surface area (Å²) in [6.45, 7) is 2.67. The van der Waals surface area contributed by atoms with Gasteiger partial charge in [0.2, 0.25) is 5.91 Å². The van der Waals surface area contributed by atoms with Gasteiger partial charge in [0.15, 0.2) is 0 Å². The molecule has 0 saturated heterocycles. The molecule has 0 radical (unpaired) electrons. The van der Waals surface area contributed by atoms with Crippen molar-refractivity contribution in [1.82, 2.24) is 10.2 Å². The first-order valence-electron chi connectivity index (χ1n) is 6.44. The molecule has 1 unspecified atom stereocenters. The van der Waals surface area contributed by atoms with Gasteiger partial charge in [0.05, 0.1) is 11.1 Å². The molecule has 1 aromatic rings. The molecule has 0 spiro atoms. The van der Waals surface area contributed by atoms with Crippen LogP contribution in [0, 0.1) is 0 Å². The van der Waals surface area contributed by atoms with E-state index in [-0.39, 0.29) is 11.1 Å². The molecule has 0 fully saturated rings. The van der Waals surface area contributed by atoms with E-state index in [1.807, 2.05) is 0 Å². The number of rotatable bonds is 4. The van der Waals surface area contributed by atoms with Gasteiger partial charge in [0.1, 0.15) is 12.1 Å². The van der Waals surface area contributed by atoms with Crippen molar-refractivity contribution >= 4 is 39.6 Å². The summed E-state index contributed by atoms with van der Waals surface area (Å²) in [7, 11) is 0. The van der Waals surface area contributed by atoms with Gasteiger partial charge >= 0.3 is 5.97 Å². The van der Waals surface area contributed by atoms with Gasteiger partial charge < -0.3 is 10.4 Å². The Hall–Kier alpha value is -2.22. The molecule has 3 amide bonds. The van der Waals surface area contributed by atoms with Crippen molar-refractivity contribution < 1.29 is 24.3 Å². The van der Waals surface area contributed by atoms with E-state index in [4.69, 9.17) is 5.11 Å². The van der Waals surface area contributed by atoms with Crippen LogP contribution in [0.2, 0.25) is 0 Å². The molecule has 1 aromatic carbocycles. The minimum atomic E-state index is -1.20. The lowest BCUT2D eigenvalue weighted by molar-refractivity contribution is -0.141. The van der Waals surface area contributed by atoms with Crippen LogP contribution in [0.3, 0.4) is 0 Å². The summed E-state index contributed by atoms with van der Waals surface area (Å²) >= 11 is 3.22. The highest BCUT2D eigenvalue weighted by atomic mass is 79.9. The maximum Gasteiger partial charge on any atom is 0.325 e. The van der Waals surface area contributed by atoms with Crippen LogP contribution in [-0.2, 0) is 9.59 Å². The van der Waals surface area contributed by atoms with Gasteiger partial charge in [-0.05, 0) is 32.0 Å². The first-order valence-corrected chi connectivity index (χ1v) is 7.24. The third kappa shape index (κ3) is 2.74. The zero-order valence-corrected chi connectivity index (χ0v) is 13.4. The van der Waals surface area contributed by atoms with Gasteiger partial charge in [-0.2, -0.15) is 0 Å². The molecule has 7 nitrogen and oxygen atoms in total. The fourth-order valence-corrected chi connectivity index (χ4v) is 2.46. The molecule has 0 aliphatic carbocycles. The maximum absolute atomic E-state index is 12.3. The van der Waals surface area contributed by atoms with E-state index in [9.17, 15) is 19.2 Å². The molecule has 0 bridgehead atoms. The molecular weight excluding hydrogens is 356 g/mol. The predicted octanol–water partition coefficient (Wildman–Crippen LogP) is 1.02. The first kappa shape index (κ1) is 16.2. The Balaban J connectivity index is 2.24. The second-order valence-electron chi connectivity index (χ2n) is 4.91. The molecule has 2 atom stereocenters. The van der Waals surface area contributed by atoms with Crippen LogP contribution in [0.1, 0.15) is 34.6 Å². The fraction of sp³-hybridized carbons (Fsp3) is 0.286. The Morgan fingerprint density at radius 2 is 1.77 bits per heavy atom. The highest BCUT2D eigenvalue weighted by Crippen LogP contribution is 2.27. The molecular formula is C14H13BrN2O5. The molecule has 0 saturated carbocycles. The average molecular weight is 369 g/mol. The van der Waals surface area contributed by atoms with Crippen molar-refractivity contribution in [1.29, 1.82) is 0 Å². The number of carboxylic acid groups (broad SMARTS) is 1. The van der Waals surface area contributed by atoms with Crippen LogP contribution in [0.25, 0.3) is 0 Å². The van der Waals surface area contributed by atoms with E-state index in [1.165, 1.54) is 26.0 Å².